The average molecular weight is 231 g/mol. The van der Waals surface area contributed by atoms with E-state index in [9.17, 15) is 0 Å². The molecule has 17 heavy (non-hydrogen) atoms. The van der Waals surface area contributed by atoms with E-state index in [0.717, 1.165) is 26.1 Å². The summed E-state index contributed by atoms with van der Waals surface area (Å²) in [4.78, 5) is 7.23. The lowest BCUT2D eigenvalue weighted by atomic mass is 9.95. The Morgan fingerprint density at radius 3 is 3.35 bits per heavy atom. The molecule has 1 unspecified atom stereocenters. The SMILES string of the molecule is CCCc1cnc2c(c1)CCC1CNCCN21. The van der Waals surface area contributed by atoms with Crippen molar-refractivity contribution in [3.05, 3.63) is 23.4 Å². The molecule has 1 aromatic heterocycles. The molecule has 3 heteroatoms. The summed E-state index contributed by atoms with van der Waals surface area (Å²) in [7, 11) is 0. The second-order valence-electron chi connectivity index (χ2n) is 5.17. The molecule has 3 nitrogen and oxygen atoms in total. The van der Waals surface area contributed by atoms with Gasteiger partial charge in [0.05, 0.1) is 0 Å². The quantitative estimate of drug-likeness (QED) is 0.840. The zero-order valence-corrected chi connectivity index (χ0v) is 10.6. The van der Waals surface area contributed by atoms with E-state index in [1.807, 2.05) is 0 Å². The first kappa shape index (κ1) is 11.0. The summed E-state index contributed by atoms with van der Waals surface area (Å²) in [5, 5.41) is 3.48. The topological polar surface area (TPSA) is 28.2 Å². The highest BCUT2D eigenvalue weighted by Crippen LogP contribution is 2.30. The lowest BCUT2D eigenvalue weighted by Crippen LogP contribution is -2.53. The van der Waals surface area contributed by atoms with Crippen LogP contribution in [0.4, 0.5) is 5.82 Å². The van der Waals surface area contributed by atoms with E-state index in [4.69, 9.17) is 4.98 Å². The van der Waals surface area contributed by atoms with Gasteiger partial charge < -0.3 is 10.2 Å². The van der Waals surface area contributed by atoms with Crippen molar-refractivity contribution in [1.29, 1.82) is 0 Å². The maximum atomic E-state index is 4.72. The van der Waals surface area contributed by atoms with Crippen molar-refractivity contribution < 1.29 is 0 Å². The number of anilines is 1. The van der Waals surface area contributed by atoms with Gasteiger partial charge in [0, 0.05) is 31.9 Å². The third kappa shape index (κ3) is 2.04. The number of piperazine rings is 1. The number of rotatable bonds is 2. The van der Waals surface area contributed by atoms with E-state index in [2.05, 4.69) is 29.4 Å². The molecule has 1 fully saturated rings. The Balaban J connectivity index is 1.89. The third-order valence-corrected chi connectivity index (χ3v) is 3.91. The van der Waals surface area contributed by atoms with Gasteiger partial charge in [-0.3, -0.25) is 0 Å². The van der Waals surface area contributed by atoms with E-state index in [1.165, 1.54) is 36.2 Å². The monoisotopic (exact) mass is 231 g/mol. The summed E-state index contributed by atoms with van der Waals surface area (Å²) in [6.07, 6.45) is 6.91. The van der Waals surface area contributed by atoms with E-state index in [1.54, 1.807) is 0 Å². The number of hydrogen-bond acceptors (Lipinski definition) is 3. The Morgan fingerprint density at radius 2 is 2.47 bits per heavy atom. The van der Waals surface area contributed by atoms with E-state index in [0.29, 0.717) is 6.04 Å². The van der Waals surface area contributed by atoms with Crippen molar-refractivity contribution in [2.45, 2.75) is 38.6 Å². The molecule has 3 rings (SSSR count). The van der Waals surface area contributed by atoms with Gasteiger partial charge in [0.1, 0.15) is 5.82 Å². The van der Waals surface area contributed by atoms with Crippen LogP contribution in [0, 0.1) is 0 Å². The first-order valence-corrected chi connectivity index (χ1v) is 6.83. The van der Waals surface area contributed by atoms with Gasteiger partial charge >= 0.3 is 0 Å². The zero-order chi connectivity index (χ0) is 11.7. The van der Waals surface area contributed by atoms with Crippen LogP contribution in [0.1, 0.15) is 30.9 Å². The number of aryl methyl sites for hydroxylation is 2. The van der Waals surface area contributed by atoms with Gasteiger partial charge in [-0.05, 0) is 30.4 Å². The molecule has 3 heterocycles. The summed E-state index contributed by atoms with van der Waals surface area (Å²) in [5.41, 5.74) is 2.87. The van der Waals surface area contributed by atoms with E-state index in [-0.39, 0.29) is 0 Å². The van der Waals surface area contributed by atoms with Gasteiger partial charge in [0.15, 0.2) is 0 Å². The summed E-state index contributed by atoms with van der Waals surface area (Å²) in [6.45, 7) is 5.55. The Labute approximate surface area is 103 Å². The van der Waals surface area contributed by atoms with Crippen LogP contribution < -0.4 is 10.2 Å². The van der Waals surface area contributed by atoms with Crippen LogP contribution in [-0.2, 0) is 12.8 Å². The first-order valence-electron chi connectivity index (χ1n) is 6.83. The Hall–Kier alpha value is -1.09. The van der Waals surface area contributed by atoms with Crippen LogP contribution in [0.2, 0.25) is 0 Å². The van der Waals surface area contributed by atoms with Crippen LogP contribution in [0.25, 0.3) is 0 Å². The number of hydrogen-bond donors (Lipinski definition) is 1. The predicted octanol–water partition coefficient (Wildman–Crippen LogP) is 1.76. The Kier molecular flexibility index (Phi) is 3.02. The van der Waals surface area contributed by atoms with Crippen LogP contribution in [0.5, 0.6) is 0 Å². The van der Waals surface area contributed by atoms with Crippen LogP contribution in [-0.4, -0.2) is 30.7 Å². The summed E-state index contributed by atoms with van der Waals surface area (Å²) < 4.78 is 0. The highest BCUT2D eigenvalue weighted by Gasteiger charge is 2.29. The molecule has 1 saturated heterocycles. The van der Waals surface area contributed by atoms with Crippen LogP contribution >= 0.6 is 0 Å². The van der Waals surface area contributed by atoms with Crippen molar-refractivity contribution in [3.63, 3.8) is 0 Å². The second kappa shape index (κ2) is 4.65. The molecule has 0 spiro atoms. The normalized spacial score (nSPS) is 23.1. The molecule has 0 saturated carbocycles. The maximum absolute atomic E-state index is 4.72. The number of pyridine rings is 1. The molecular formula is C14H21N3. The van der Waals surface area contributed by atoms with Gasteiger partial charge in [-0.25, -0.2) is 4.98 Å². The van der Waals surface area contributed by atoms with Crippen LogP contribution in [0.15, 0.2) is 12.3 Å². The van der Waals surface area contributed by atoms with Crippen molar-refractivity contribution in [2.75, 3.05) is 24.5 Å². The Morgan fingerprint density at radius 1 is 1.53 bits per heavy atom. The van der Waals surface area contributed by atoms with Crippen molar-refractivity contribution >= 4 is 5.82 Å². The number of fused-ring (bicyclic) bond motifs is 3. The van der Waals surface area contributed by atoms with Gasteiger partial charge in [0.25, 0.3) is 0 Å². The fraction of sp³-hybridized carbons (Fsp3) is 0.643. The molecule has 0 radical (unpaired) electrons. The van der Waals surface area contributed by atoms with Crippen molar-refractivity contribution in [1.82, 2.24) is 10.3 Å². The number of nitrogens with one attached hydrogen (secondary N) is 1. The largest absolute Gasteiger partial charge is 0.351 e. The van der Waals surface area contributed by atoms with E-state index < -0.39 is 0 Å². The molecule has 0 aliphatic carbocycles. The smallest absolute Gasteiger partial charge is 0.132 e. The molecule has 0 amide bonds. The van der Waals surface area contributed by atoms with Crippen molar-refractivity contribution in [2.24, 2.45) is 0 Å². The molecule has 1 atom stereocenters. The molecule has 1 aromatic rings. The predicted molar refractivity (Wildman–Crippen MR) is 70.6 cm³/mol. The van der Waals surface area contributed by atoms with Gasteiger partial charge in [-0.1, -0.05) is 19.4 Å². The molecule has 1 N–H and O–H groups in total. The van der Waals surface area contributed by atoms with Gasteiger partial charge in [0.2, 0.25) is 0 Å². The molecule has 92 valence electrons. The van der Waals surface area contributed by atoms with Gasteiger partial charge in [-0.15, -0.1) is 0 Å². The Bertz CT molecular complexity index is 402. The molecular weight excluding hydrogens is 210 g/mol. The lowest BCUT2D eigenvalue weighted by molar-refractivity contribution is 0.435. The highest BCUT2D eigenvalue weighted by atomic mass is 15.3. The fourth-order valence-electron chi connectivity index (χ4n) is 3.04. The zero-order valence-electron chi connectivity index (χ0n) is 10.6. The molecule has 2 aliphatic heterocycles. The lowest BCUT2D eigenvalue weighted by Gasteiger charge is -2.41. The second-order valence-corrected chi connectivity index (χ2v) is 5.17. The third-order valence-electron chi connectivity index (χ3n) is 3.91. The molecule has 0 bridgehead atoms. The number of nitrogens with zero attached hydrogens (tertiary/aromatic N) is 2. The van der Waals surface area contributed by atoms with Crippen LogP contribution in [0.3, 0.4) is 0 Å². The molecule has 2 aliphatic rings. The summed E-state index contributed by atoms with van der Waals surface area (Å²) in [6, 6.07) is 3.05. The fourth-order valence-corrected chi connectivity index (χ4v) is 3.04. The molecule has 0 aromatic carbocycles. The first-order chi connectivity index (χ1) is 8.38. The van der Waals surface area contributed by atoms with E-state index >= 15 is 0 Å². The standard InChI is InChI=1S/C14H21N3/c1-2-3-11-8-12-4-5-13-10-15-6-7-17(13)14(12)16-9-11/h8-9,13,15H,2-7,10H2,1H3. The minimum Gasteiger partial charge on any atom is -0.351 e. The summed E-state index contributed by atoms with van der Waals surface area (Å²) in [5.74, 6) is 1.25. The van der Waals surface area contributed by atoms with Gasteiger partial charge in [-0.2, -0.15) is 0 Å². The minimum absolute atomic E-state index is 0.667. The number of aromatic nitrogens is 1. The highest BCUT2D eigenvalue weighted by molar-refractivity contribution is 5.52. The van der Waals surface area contributed by atoms with Crippen molar-refractivity contribution in [3.8, 4) is 0 Å². The maximum Gasteiger partial charge on any atom is 0.132 e. The summed E-state index contributed by atoms with van der Waals surface area (Å²) >= 11 is 0. The average Bonchev–Trinajstić information content (AvgIpc) is 2.39. The minimum atomic E-state index is 0.667.